The molecule has 2 aromatic heterocycles. The Balaban J connectivity index is 1.45. The van der Waals surface area contributed by atoms with Crippen molar-refractivity contribution < 1.29 is 0 Å². The van der Waals surface area contributed by atoms with Crippen molar-refractivity contribution >= 4 is 17.6 Å². The Bertz CT molecular complexity index is 1120. The molecule has 0 saturated carbocycles. The van der Waals surface area contributed by atoms with Gasteiger partial charge in [0.2, 0.25) is 11.9 Å². The lowest BCUT2D eigenvalue weighted by atomic mass is 10.2. The van der Waals surface area contributed by atoms with Gasteiger partial charge in [-0.3, -0.25) is 19.7 Å². The lowest BCUT2D eigenvalue weighted by Gasteiger charge is -2.39. The summed E-state index contributed by atoms with van der Waals surface area (Å²) in [6.45, 7) is 5.28. The number of aromatic nitrogens is 3. The molecule has 30 heavy (non-hydrogen) atoms. The lowest BCUT2D eigenvalue weighted by Crippen LogP contribution is -2.52. The first-order valence-corrected chi connectivity index (χ1v) is 10.1. The van der Waals surface area contributed by atoms with Gasteiger partial charge in [0.25, 0.3) is 5.56 Å². The molecule has 0 unspecified atom stereocenters. The number of guanidine groups is 1. The normalized spacial score (nSPS) is 18.4. The van der Waals surface area contributed by atoms with E-state index in [0.717, 1.165) is 37.7 Å². The number of nitrogens with zero attached hydrogens (tertiary/aromatic N) is 6. The van der Waals surface area contributed by atoms with Crippen molar-refractivity contribution in [3.63, 3.8) is 0 Å². The molecule has 1 aromatic carbocycles. The minimum Gasteiger partial charge on any atom is -0.368 e. The fourth-order valence-electron chi connectivity index (χ4n) is 3.96. The Hall–Kier alpha value is -3.68. The standard InChI is InChI=1S/C22H23N7O/c1-16-14-19(30)29-20(17-6-5-9-23-15-17)25-21(26-22(29)24-16)28-12-10-27(11-13-28)18-7-3-2-4-8-18/h2-9,14-15,20H,10-13H2,1H3,(H,24,25,26)/t20-/m0/s1. The molecule has 1 atom stereocenters. The van der Waals surface area contributed by atoms with E-state index in [4.69, 9.17) is 4.99 Å². The summed E-state index contributed by atoms with van der Waals surface area (Å²) in [5, 5.41) is 3.29. The smallest absolute Gasteiger partial charge is 0.257 e. The Morgan fingerprint density at radius 1 is 1.00 bits per heavy atom. The van der Waals surface area contributed by atoms with Gasteiger partial charge in [-0.15, -0.1) is 0 Å². The molecule has 0 radical (unpaired) electrons. The second kappa shape index (κ2) is 7.62. The molecule has 8 nitrogen and oxygen atoms in total. The van der Waals surface area contributed by atoms with E-state index in [9.17, 15) is 4.79 Å². The van der Waals surface area contributed by atoms with Crippen molar-refractivity contribution in [3.05, 3.63) is 82.5 Å². The van der Waals surface area contributed by atoms with E-state index in [1.807, 2.05) is 25.1 Å². The van der Waals surface area contributed by atoms with Gasteiger partial charge in [0, 0.05) is 61.6 Å². The summed E-state index contributed by atoms with van der Waals surface area (Å²) < 4.78 is 1.59. The second-order valence-corrected chi connectivity index (χ2v) is 7.48. The monoisotopic (exact) mass is 401 g/mol. The maximum Gasteiger partial charge on any atom is 0.257 e. The molecule has 1 saturated heterocycles. The molecule has 152 valence electrons. The van der Waals surface area contributed by atoms with E-state index in [0.29, 0.717) is 11.6 Å². The van der Waals surface area contributed by atoms with Crippen molar-refractivity contribution in [1.82, 2.24) is 19.4 Å². The molecule has 4 heterocycles. The van der Waals surface area contributed by atoms with Gasteiger partial charge in [0.05, 0.1) is 0 Å². The van der Waals surface area contributed by atoms with Gasteiger partial charge in [0.1, 0.15) is 0 Å². The molecule has 5 rings (SSSR count). The number of benzene rings is 1. The van der Waals surface area contributed by atoms with Crippen LogP contribution in [-0.4, -0.2) is 51.6 Å². The summed E-state index contributed by atoms with van der Waals surface area (Å²) >= 11 is 0. The van der Waals surface area contributed by atoms with E-state index < -0.39 is 6.17 Å². The van der Waals surface area contributed by atoms with Crippen molar-refractivity contribution in [2.45, 2.75) is 13.1 Å². The Kier molecular flexibility index (Phi) is 4.66. The van der Waals surface area contributed by atoms with Crippen molar-refractivity contribution in [2.24, 2.45) is 4.99 Å². The van der Waals surface area contributed by atoms with Crippen LogP contribution in [0.4, 0.5) is 11.6 Å². The average molecular weight is 401 g/mol. The van der Waals surface area contributed by atoms with Crippen LogP contribution in [-0.2, 0) is 0 Å². The van der Waals surface area contributed by atoms with Crippen LogP contribution in [0.1, 0.15) is 17.4 Å². The first kappa shape index (κ1) is 18.4. The van der Waals surface area contributed by atoms with Gasteiger partial charge >= 0.3 is 0 Å². The predicted molar refractivity (Wildman–Crippen MR) is 117 cm³/mol. The molecule has 1 fully saturated rings. The zero-order valence-electron chi connectivity index (χ0n) is 16.8. The van der Waals surface area contributed by atoms with Crippen molar-refractivity contribution in [1.29, 1.82) is 0 Å². The number of para-hydroxylation sites is 1. The summed E-state index contributed by atoms with van der Waals surface area (Å²) in [5.74, 6) is 1.26. The summed E-state index contributed by atoms with van der Waals surface area (Å²) in [6, 6.07) is 15.8. The summed E-state index contributed by atoms with van der Waals surface area (Å²) in [6.07, 6.45) is 2.98. The highest BCUT2D eigenvalue weighted by Crippen LogP contribution is 2.26. The molecule has 8 heteroatoms. The van der Waals surface area contributed by atoms with Gasteiger partial charge in [0.15, 0.2) is 6.17 Å². The molecule has 0 aliphatic carbocycles. The zero-order chi connectivity index (χ0) is 20.5. The average Bonchev–Trinajstić information content (AvgIpc) is 2.79. The zero-order valence-corrected chi connectivity index (χ0v) is 16.8. The summed E-state index contributed by atoms with van der Waals surface area (Å²) in [7, 11) is 0. The third-order valence-corrected chi connectivity index (χ3v) is 5.48. The molecule has 2 aliphatic heterocycles. The fourth-order valence-corrected chi connectivity index (χ4v) is 3.96. The number of aliphatic imine (C=N–C) groups is 1. The topological polar surface area (TPSA) is 78.7 Å². The van der Waals surface area contributed by atoms with Crippen LogP contribution >= 0.6 is 0 Å². The van der Waals surface area contributed by atoms with Crippen LogP contribution in [0.15, 0.2) is 70.7 Å². The largest absolute Gasteiger partial charge is 0.368 e. The highest BCUT2D eigenvalue weighted by Gasteiger charge is 2.29. The second-order valence-electron chi connectivity index (χ2n) is 7.48. The van der Waals surface area contributed by atoms with E-state index in [2.05, 4.69) is 49.4 Å². The lowest BCUT2D eigenvalue weighted by molar-refractivity contribution is 0.376. The molecular weight excluding hydrogens is 378 g/mol. The van der Waals surface area contributed by atoms with E-state index in [1.54, 1.807) is 17.0 Å². The highest BCUT2D eigenvalue weighted by molar-refractivity contribution is 5.93. The first-order chi connectivity index (χ1) is 14.7. The third-order valence-electron chi connectivity index (χ3n) is 5.48. The van der Waals surface area contributed by atoms with Crippen molar-refractivity contribution in [3.8, 4) is 0 Å². The SMILES string of the molecule is Cc1cc(=O)n2c(n1)NC(N1CCN(c3ccccc3)CC1)=N[C@@H]2c1cccnc1. The molecular formula is C22H23N7O. The van der Waals surface area contributed by atoms with Gasteiger partial charge in [-0.05, 0) is 25.1 Å². The van der Waals surface area contributed by atoms with E-state index >= 15 is 0 Å². The number of pyridine rings is 1. The highest BCUT2D eigenvalue weighted by atomic mass is 16.1. The number of rotatable bonds is 2. The van der Waals surface area contributed by atoms with Crippen LogP contribution in [0.25, 0.3) is 0 Å². The maximum absolute atomic E-state index is 12.7. The summed E-state index contributed by atoms with van der Waals surface area (Å²) in [5.41, 5.74) is 2.64. The third kappa shape index (κ3) is 3.41. The molecule has 1 N–H and O–H groups in total. The van der Waals surface area contributed by atoms with Crippen molar-refractivity contribution in [2.75, 3.05) is 36.4 Å². The minimum absolute atomic E-state index is 0.129. The molecule has 0 spiro atoms. The van der Waals surface area contributed by atoms with Crippen LogP contribution in [0.2, 0.25) is 0 Å². The number of anilines is 2. The van der Waals surface area contributed by atoms with Crippen LogP contribution < -0.4 is 15.8 Å². The number of hydrogen-bond acceptors (Lipinski definition) is 7. The number of piperazine rings is 1. The molecule has 0 bridgehead atoms. The number of aryl methyl sites for hydroxylation is 1. The quantitative estimate of drug-likeness (QED) is 0.709. The van der Waals surface area contributed by atoms with Gasteiger partial charge in [-0.1, -0.05) is 24.3 Å². The fraction of sp³-hybridized carbons (Fsp3) is 0.273. The number of hydrogen-bond donors (Lipinski definition) is 1. The summed E-state index contributed by atoms with van der Waals surface area (Å²) in [4.78, 5) is 31.0. The molecule has 0 amide bonds. The Morgan fingerprint density at radius 2 is 1.77 bits per heavy atom. The van der Waals surface area contributed by atoms with Gasteiger partial charge < -0.3 is 9.80 Å². The number of nitrogens with one attached hydrogen (secondary N) is 1. The van der Waals surface area contributed by atoms with Gasteiger partial charge in [-0.2, -0.15) is 0 Å². The first-order valence-electron chi connectivity index (χ1n) is 10.1. The maximum atomic E-state index is 12.7. The van der Waals surface area contributed by atoms with Crippen LogP contribution in [0.3, 0.4) is 0 Å². The minimum atomic E-state index is -0.488. The number of fused-ring (bicyclic) bond motifs is 1. The van der Waals surface area contributed by atoms with E-state index in [1.165, 1.54) is 11.8 Å². The van der Waals surface area contributed by atoms with Gasteiger partial charge in [-0.25, -0.2) is 9.98 Å². The molecule has 2 aliphatic rings. The molecule has 3 aromatic rings. The Morgan fingerprint density at radius 3 is 2.50 bits per heavy atom. The predicted octanol–water partition coefficient (Wildman–Crippen LogP) is 2.10. The van der Waals surface area contributed by atoms with Crippen LogP contribution in [0, 0.1) is 6.92 Å². The Labute approximate surface area is 174 Å². The van der Waals surface area contributed by atoms with Crippen LogP contribution in [0.5, 0.6) is 0 Å². The van der Waals surface area contributed by atoms with E-state index in [-0.39, 0.29) is 5.56 Å².